The van der Waals surface area contributed by atoms with E-state index >= 15 is 0 Å². The van der Waals surface area contributed by atoms with Gasteiger partial charge in [0.15, 0.2) is 10.7 Å². The molecule has 1 aromatic carbocycles. The number of carbonyl (C=O) groups is 1. The number of amides is 1. The minimum atomic E-state index is -3.86. The number of sulfonamides is 1. The quantitative estimate of drug-likeness (QED) is 0.585. The number of aromatic nitrogens is 1. The Hall–Kier alpha value is -2.45. The van der Waals surface area contributed by atoms with Crippen LogP contribution in [0.1, 0.15) is 72.2 Å². The normalized spacial score (nSPS) is 20.3. The van der Waals surface area contributed by atoms with Crippen molar-refractivity contribution < 1.29 is 17.7 Å². The molecule has 3 heterocycles. The van der Waals surface area contributed by atoms with Gasteiger partial charge in [0.1, 0.15) is 5.69 Å². The lowest BCUT2D eigenvalue weighted by molar-refractivity contribution is -0.136. The molecule has 0 aliphatic carbocycles. The van der Waals surface area contributed by atoms with Gasteiger partial charge in [-0.15, -0.1) is 0 Å². The molecular weight excluding hydrogens is 462 g/mol. The van der Waals surface area contributed by atoms with E-state index in [0.29, 0.717) is 18.7 Å². The van der Waals surface area contributed by atoms with Gasteiger partial charge in [0.05, 0.1) is 5.92 Å². The lowest BCUT2D eigenvalue weighted by atomic mass is 9.98. The molecule has 190 valence electrons. The van der Waals surface area contributed by atoms with E-state index in [2.05, 4.69) is 24.2 Å². The van der Waals surface area contributed by atoms with Crippen LogP contribution in [0, 0.1) is 33.6 Å². The maximum atomic E-state index is 13.7. The van der Waals surface area contributed by atoms with Crippen molar-refractivity contribution in [2.75, 3.05) is 26.2 Å². The number of piperidine rings is 1. The third-order valence-electron chi connectivity index (χ3n) is 7.22. The SMILES string of the molecule is Cc1cc(C)c(C=Cc2onc(C)c2S(=O)(=O)N2CCCC(C(=O)N3CCCCCC3)C2)c(C)c1. The zero-order valence-electron chi connectivity index (χ0n) is 21.3. The van der Waals surface area contributed by atoms with Gasteiger partial charge in [0.25, 0.3) is 0 Å². The predicted molar refractivity (Wildman–Crippen MR) is 137 cm³/mol. The Labute approximate surface area is 209 Å². The van der Waals surface area contributed by atoms with Crippen molar-refractivity contribution in [3.8, 4) is 0 Å². The van der Waals surface area contributed by atoms with Gasteiger partial charge in [-0.2, -0.15) is 4.31 Å². The van der Waals surface area contributed by atoms with E-state index < -0.39 is 10.0 Å². The molecule has 1 unspecified atom stereocenters. The van der Waals surface area contributed by atoms with E-state index in [1.807, 2.05) is 24.8 Å². The summed E-state index contributed by atoms with van der Waals surface area (Å²) in [5.41, 5.74) is 4.79. The molecule has 0 bridgehead atoms. The molecule has 2 fully saturated rings. The number of carbonyl (C=O) groups excluding carboxylic acids is 1. The van der Waals surface area contributed by atoms with E-state index in [1.54, 1.807) is 13.0 Å². The summed E-state index contributed by atoms with van der Waals surface area (Å²) in [7, 11) is -3.86. The fraction of sp³-hybridized carbons (Fsp3) is 0.556. The first-order valence-electron chi connectivity index (χ1n) is 12.7. The highest BCUT2D eigenvalue weighted by Gasteiger charge is 2.38. The van der Waals surface area contributed by atoms with Crippen molar-refractivity contribution in [2.45, 2.75) is 71.1 Å². The first kappa shape index (κ1) is 25.6. The van der Waals surface area contributed by atoms with Gasteiger partial charge in [-0.05, 0) is 76.1 Å². The average molecular weight is 500 g/mol. The van der Waals surface area contributed by atoms with Crippen LogP contribution < -0.4 is 0 Å². The van der Waals surface area contributed by atoms with Crippen LogP contribution in [0.2, 0.25) is 0 Å². The van der Waals surface area contributed by atoms with E-state index in [1.165, 1.54) is 9.87 Å². The molecule has 35 heavy (non-hydrogen) atoms. The summed E-state index contributed by atoms with van der Waals surface area (Å²) < 4.78 is 34.4. The number of nitrogens with zero attached hydrogens (tertiary/aromatic N) is 3. The van der Waals surface area contributed by atoms with Gasteiger partial charge in [-0.1, -0.05) is 41.8 Å². The number of aryl methyl sites for hydroxylation is 4. The summed E-state index contributed by atoms with van der Waals surface area (Å²) in [5.74, 6) is 0.0239. The fourth-order valence-electron chi connectivity index (χ4n) is 5.45. The van der Waals surface area contributed by atoms with Crippen LogP contribution in [0.15, 0.2) is 21.6 Å². The van der Waals surface area contributed by atoms with Gasteiger partial charge in [-0.25, -0.2) is 8.42 Å². The van der Waals surface area contributed by atoms with Gasteiger partial charge in [0.2, 0.25) is 15.9 Å². The molecule has 8 heteroatoms. The van der Waals surface area contributed by atoms with Crippen molar-refractivity contribution in [3.05, 3.63) is 45.8 Å². The average Bonchev–Trinajstić information content (AvgIpc) is 3.01. The lowest BCUT2D eigenvalue weighted by Gasteiger charge is -2.34. The molecule has 0 radical (unpaired) electrons. The smallest absolute Gasteiger partial charge is 0.248 e. The van der Waals surface area contributed by atoms with Crippen LogP contribution >= 0.6 is 0 Å². The number of rotatable bonds is 5. The monoisotopic (exact) mass is 499 g/mol. The van der Waals surface area contributed by atoms with Crippen LogP contribution in [0.3, 0.4) is 0 Å². The Morgan fingerprint density at radius 1 is 0.971 bits per heavy atom. The highest BCUT2D eigenvalue weighted by Crippen LogP contribution is 2.30. The third-order valence-corrected chi connectivity index (χ3v) is 9.25. The highest BCUT2D eigenvalue weighted by atomic mass is 32.2. The molecule has 2 aliphatic rings. The van der Waals surface area contributed by atoms with Gasteiger partial charge >= 0.3 is 0 Å². The first-order chi connectivity index (χ1) is 16.7. The zero-order valence-corrected chi connectivity index (χ0v) is 22.2. The number of hydrogen-bond donors (Lipinski definition) is 0. The fourth-order valence-corrected chi connectivity index (χ4v) is 7.23. The molecule has 0 N–H and O–H groups in total. The summed E-state index contributed by atoms with van der Waals surface area (Å²) in [6.45, 7) is 9.95. The second kappa shape index (κ2) is 10.7. The molecular formula is C27H37N3O4S. The molecule has 2 aromatic rings. The van der Waals surface area contributed by atoms with Crippen molar-refractivity contribution in [1.29, 1.82) is 0 Å². The number of likely N-dealkylation sites (tertiary alicyclic amines) is 1. The van der Waals surface area contributed by atoms with Crippen molar-refractivity contribution in [2.24, 2.45) is 5.92 Å². The van der Waals surface area contributed by atoms with Gasteiger partial charge in [-0.3, -0.25) is 4.79 Å². The maximum Gasteiger partial charge on any atom is 0.248 e. The lowest BCUT2D eigenvalue weighted by Crippen LogP contribution is -2.47. The molecule has 7 nitrogen and oxygen atoms in total. The Kier molecular flexibility index (Phi) is 7.81. The van der Waals surface area contributed by atoms with Gasteiger partial charge in [0, 0.05) is 26.2 Å². The van der Waals surface area contributed by atoms with Crippen molar-refractivity contribution >= 4 is 28.1 Å². The molecule has 0 saturated carbocycles. The van der Waals surface area contributed by atoms with Crippen LogP contribution in [-0.4, -0.2) is 54.9 Å². The summed E-state index contributed by atoms with van der Waals surface area (Å²) >= 11 is 0. The molecule has 1 aromatic heterocycles. The molecule has 4 rings (SSSR count). The Morgan fingerprint density at radius 2 is 1.63 bits per heavy atom. The van der Waals surface area contributed by atoms with Crippen molar-refractivity contribution in [3.63, 3.8) is 0 Å². The molecule has 0 spiro atoms. The highest BCUT2D eigenvalue weighted by molar-refractivity contribution is 7.89. The molecule has 1 atom stereocenters. The Bertz CT molecular complexity index is 1180. The van der Waals surface area contributed by atoms with E-state index in [4.69, 9.17) is 4.52 Å². The summed E-state index contributed by atoms with van der Waals surface area (Å²) in [4.78, 5) is 15.2. The number of benzene rings is 1. The molecule has 2 aliphatic heterocycles. The van der Waals surface area contributed by atoms with E-state index in [0.717, 1.165) is 61.9 Å². The topological polar surface area (TPSA) is 83.7 Å². The minimum absolute atomic E-state index is 0.0963. The largest absolute Gasteiger partial charge is 0.355 e. The van der Waals surface area contributed by atoms with E-state index in [-0.39, 0.29) is 29.0 Å². The second-order valence-corrected chi connectivity index (χ2v) is 11.9. The molecule has 1 amide bonds. The third kappa shape index (κ3) is 5.54. The Balaban J connectivity index is 1.57. The first-order valence-corrected chi connectivity index (χ1v) is 14.1. The minimum Gasteiger partial charge on any atom is -0.355 e. The maximum absolute atomic E-state index is 13.7. The van der Waals surface area contributed by atoms with Crippen LogP contribution in [0.4, 0.5) is 0 Å². The van der Waals surface area contributed by atoms with Crippen LogP contribution in [-0.2, 0) is 14.8 Å². The van der Waals surface area contributed by atoms with E-state index in [9.17, 15) is 13.2 Å². The standard InChI is InChI=1S/C27H37N3O4S/c1-19-16-20(2)24(21(3)17-19)11-12-25-26(22(4)28-34-25)35(32,33)30-15-9-10-23(18-30)27(31)29-13-7-5-6-8-14-29/h11-12,16-17,23H,5-10,13-15,18H2,1-4H3. The second-order valence-electron chi connectivity index (χ2n) is 10.0. The van der Waals surface area contributed by atoms with Crippen molar-refractivity contribution in [1.82, 2.24) is 14.4 Å². The number of hydrogen-bond acceptors (Lipinski definition) is 5. The summed E-state index contributed by atoms with van der Waals surface area (Å²) in [6.07, 6.45) is 9.33. The predicted octanol–water partition coefficient (Wildman–Crippen LogP) is 4.88. The summed E-state index contributed by atoms with van der Waals surface area (Å²) in [6, 6.07) is 4.20. The molecule has 2 saturated heterocycles. The van der Waals surface area contributed by atoms with Crippen LogP contribution in [0.25, 0.3) is 12.2 Å². The van der Waals surface area contributed by atoms with Gasteiger partial charge < -0.3 is 9.42 Å². The Morgan fingerprint density at radius 3 is 2.29 bits per heavy atom. The summed E-state index contributed by atoms with van der Waals surface area (Å²) in [5, 5.41) is 3.98. The zero-order chi connectivity index (χ0) is 25.2. The van der Waals surface area contributed by atoms with Crippen LogP contribution in [0.5, 0.6) is 0 Å².